The largest absolute Gasteiger partial charge is 0.294 e. The van der Waals surface area contributed by atoms with E-state index in [4.69, 9.17) is 10.5 Å². The summed E-state index contributed by atoms with van der Waals surface area (Å²) in [5, 5.41) is 39.3. The highest BCUT2D eigenvalue weighted by molar-refractivity contribution is 7.94. The first kappa shape index (κ1) is 21.4. The van der Waals surface area contributed by atoms with Gasteiger partial charge >= 0.3 is 0 Å². The smallest absolute Gasteiger partial charge is 0.282 e. The lowest BCUT2D eigenvalue weighted by molar-refractivity contribution is -0.432. The molecule has 2 aromatic rings. The van der Waals surface area contributed by atoms with E-state index < -0.39 is 19.9 Å². The van der Waals surface area contributed by atoms with E-state index in [0.717, 1.165) is 18.2 Å². The SMILES string of the molecule is Cc1cc(SOOO)c(N=Nc2ccc([N+](=O)[O-])cc2C#N)cc1S(=O)(=O)O. The minimum Gasteiger partial charge on any atom is -0.282 e. The van der Waals surface area contributed by atoms with E-state index in [0.29, 0.717) is 12.0 Å². The molecule has 28 heavy (non-hydrogen) atoms. The van der Waals surface area contributed by atoms with Crippen molar-refractivity contribution in [1.82, 2.24) is 0 Å². The number of hydrogen-bond acceptors (Lipinski definition) is 11. The molecule has 0 heterocycles. The number of aryl methyl sites for hydroxylation is 1. The van der Waals surface area contributed by atoms with Crippen LogP contribution in [0.25, 0.3) is 0 Å². The predicted octanol–water partition coefficient (Wildman–Crippen LogP) is 3.87. The van der Waals surface area contributed by atoms with Crippen molar-refractivity contribution in [3.63, 3.8) is 0 Å². The van der Waals surface area contributed by atoms with Crippen LogP contribution in [0.2, 0.25) is 0 Å². The highest BCUT2D eigenvalue weighted by Crippen LogP contribution is 2.36. The van der Waals surface area contributed by atoms with E-state index in [-0.39, 0.29) is 33.1 Å². The zero-order valence-corrected chi connectivity index (χ0v) is 15.5. The number of nitriles is 1. The maximum Gasteiger partial charge on any atom is 0.294 e. The van der Waals surface area contributed by atoms with Crippen LogP contribution in [0.4, 0.5) is 17.1 Å². The van der Waals surface area contributed by atoms with Crippen molar-refractivity contribution < 1.29 is 32.5 Å². The van der Waals surface area contributed by atoms with Gasteiger partial charge in [-0.15, -0.1) is 14.6 Å². The van der Waals surface area contributed by atoms with E-state index in [9.17, 15) is 23.1 Å². The molecule has 0 amide bonds. The second-order valence-electron chi connectivity index (χ2n) is 5.06. The fraction of sp³-hybridized carbons (Fsp3) is 0.0714. The van der Waals surface area contributed by atoms with Gasteiger partial charge in [-0.25, -0.2) is 5.26 Å². The molecule has 0 aromatic heterocycles. The number of rotatable bonds is 7. The lowest BCUT2D eigenvalue weighted by Gasteiger charge is -2.08. The van der Waals surface area contributed by atoms with Crippen molar-refractivity contribution >= 4 is 39.2 Å². The number of nitro benzene ring substituents is 1. The first-order valence-electron chi connectivity index (χ1n) is 7.04. The molecule has 0 saturated carbocycles. The van der Waals surface area contributed by atoms with Crippen molar-refractivity contribution in [3.05, 3.63) is 51.6 Å². The van der Waals surface area contributed by atoms with Crippen molar-refractivity contribution in [2.75, 3.05) is 0 Å². The van der Waals surface area contributed by atoms with Crippen LogP contribution >= 0.6 is 12.0 Å². The third-order valence-corrected chi connectivity index (χ3v) is 4.90. The molecular formula is C14H10N4O8S2. The van der Waals surface area contributed by atoms with Crippen LogP contribution in [0.5, 0.6) is 0 Å². The predicted molar refractivity (Wildman–Crippen MR) is 93.6 cm³/mol. The average Bonchev–Trinajstić information content (AvgIpc) is 2.64. The molecule has 0 spiro atoms. The van der Waals surface area contributed by atoms with Crippen molar-refractivity contribution in [1.29, 1.82) is 5.26 Å². The number of azo groups is 1. The summed E-state index contributed by atoms with van der Waals surface area (Å²) in [5.74, 6) is 0. The van der Waals surface area contributed by atoms with Crippen LogP contribution in [0.3, 0.4) is 0 Å². The van der Waals surface area contributed by atoms with Gasteiger partial charge in [0.25, 0.3) is 15.8 Å². The van der Waals surface area contributed by atoms with Crippen molar-refractivity contribution in [2.24, 2.45) is 10.2 Å². The van der Waals surface area contributed by atoms with Gasteiger partial charge in [0.15, 0.2) is 0 Å². The molecule has 2 aromatic carbocycles. The molecule has 0 unspecified atom stereocenters. The van der Waals surface area contributed by atoms with Crippen molar-refractivity contribution in [3.8, 4) is 6.07 Å². The van der Waals surface area contributed by atoms with E-state index in [2.05, 4.69) is 19.6 Å². The Labute approximate surface area is 162 Å². The van der Waals surface area contributed by atoms with E-state index in [1.165, 1.54) is 19.1 Å². The summed E-state index contributed by atoms with van der Waals surface area (Å²) >= 11 is 0.475. The third kappa shape index (κ3) is 5.07. The monoisotopic (exact) mass is 426 g/mol. The van der Waals surface area contributed by atoms with Crippen LogP contribution in [-0.2, 0) is 19.5 Å². The van der Waals surface area contributed by atoms with Gasteiger partial charge in [-0.1, -0.05) is 5.04 Å². The Morgan fingerprint density at radius 2 is 1.93 bits per heavy atom. The first-order valence-corrected chi connectivity index (χ1v) is 9.22. The topological polar surface area (TPSA) is 185 Å². The standard InChI is InChI=1S/C14H10N4O8S2/c1-8-4-13(27-26-25-21)12(6-14(8)28(22,23)24)17-16-11-3-2-10(18(19)20)5-9(11)7-15/h2-6,21H,1H3,(H,22,23,24). The Bertz CT molecular complexity index is 1100. The molecule has 2 N–H and O–H groups in total. The fourth-order valence-corrected chi connectivity index (χ4v) is 3.29. The summed E-state index contributed by atoms with van der Waals surface area (Å²) < 4.78 is 36.6. The summed E-state index contributed by atoms with van der Waals surface area (Å²) in [6, 6.07) is 7.33. The zero-order chi connectivity index (χ0) is 20.9. The Hall–Kier alpha value is -2.93. The quantitative estimate of drug-likeness (QED) is 0.164. The van der Waals surface area contributed by atoms with E-state index in [1.807, 2.05) is 0 Å². The minimum atomic E-state index is -4.56. The molecule has 0 aliphatic heterocycles. The van der Waals surface area contributed by atoms with Crippen LogP contribution < -0.4 is 0 Å². The van der Waals surface area contributed by atoms with Crippen LogP contribution in [0.1, 0.15) is 11.1 Å². The number of nitrogens with zero attached hydrogens (tertiary/aromatic N) is 4. The Kier molecular flexibility index (Phi) is 6.75. The molecule has 14 heteroatoms. The second kappa shape index (κ2) is 8.84. The normalized spacial score (nSPS) is 11.5. The molecule has 2 rings (SSSR count). The van der Waals surface area contributed by atoms with Crippen LogP contribution in [-0.4, -0.2) is 23.2 Å². The Morgan fingerprint density at radius 1 is 1.25 bits per heavy atom. The van der Waals surface area contributed by atoms with Gasteiger partial charge in [-0.3, -0.25) is 14.7 Å². The van der Waals surface area contributed by atoms with Crippen molar-refractivity contribution in [2.45, 2.75) is 16.7 Å². The summed E-state index contributed by atoms with van der Waals surface area (Å²) in [6.07, 6.45) is 0. The fourth-order valence-electron chi connectivity index (χ4n) is 2.05. The van der Waals surface area contributed by atoms with Crippen LogP contribution in [0, 0.1) is 28.4 Å². The minimum absolute atomic E-state index is 0.0163. The van der Waals surface area contributed by atoms with Crippen LogP contribution in [0.15, 0.2) is 50.4 Å². The van der Waals surface area contributed by atoms with Gasteiger partial charge < -0.3 is 0 Å². The summed E-state index contributed by atoms with van der Waals surface area (Å²) in [5.41, 5.74) is -0.424. The lowest BCUT2D eigenvalue weighted by atomic mass is 10.2. The van der Waals surface area contributed by atoms with Gasteiger partial charge in [-0.05, 0) is 30.7 Å². The zero-order valence-electron chi connectivity index (χ0n) is 13.8. The average molecular weight is 426 g/mol. The van der Waals surface area contributed by atoms with Gasteiger partial charge in [0, 0.05) is 12.1 Å². The maximum atomic E-state index is 11.5. The maximum absolute atomic E-state index is 11.5. The number of non-ortho nitro benzene ring substituents is 1. The molecular weight excluding hydrogens is 416 g/mol. The number of nitro groups is 1. The molecule has 12 nitrogen and oxygen atoms in total. The Balaban J connectivity index is 2.54. The van der Waals surface area contributed by atoms with Gasteiger partial charge in [0.2, 0.25) is 0 Å². The van der Waals surface area contributed by atoms with Gasteiger partial charge in [0.05, 0.1) is 32.3 Å². The molecule has 146 valence electrons. The van der Waals surface area contributed by atoms with Gasteiger partial charge in [0.1, 0.15) is 17.4 Å². The first-order chi connectivity index (χ1) is 13.2. The highest BCUT2D eigenvalue weighted by Gasteiger charge is 2.18. The molecule has 0 bridgehead atoms. The van der Waals surface area contributed by atoms with E-state index in [1.54, 1.807) is 6.07 Å². The van der Waals surface area contributed by atoms with Gasteiger partial charge in [-0.2, -0.15) is 13.7 Å². The molecule has 0 atom stereocenters. The summed E-state index contributed by atoms with van der Waals surface area (Å²) in [6.45, 7) is 1.40. The molecule has 0 saturated heterocycles. The Morgan fingerprint density at radius 3 is 2.50 bits per heavy atom. The highest BCUT2D eigenvalue weighted by atomic mass is 32.2. The third-order valence-electron chi connectivity index (χ3n) is 3.27. The molecule has 0 radical (unpaired) electrons. The second-order valence-corrected chi connectivity index (χ2v) is 7.19. The number of hydrogen-bond donors (Lipinski definition) is 2. The summed E-state index contributed by atoms with van der Waals surface area (Å²) in [7, 11) is -4.56. The van der Waals surface area contributed by atoms with E-state index >= 15 is 0 Å². The molecule has 0 fully saturated rings. The molecule has 0 aliphatic rings. The molecule has 0 aliphatic carbocycles. The summed E-state index contributed by atoms with van der Waals surface area (Å²) in [4.78, 5) is 9.81. The number of benzene rings is 2. The lowest BCUT2D eigenvalue weighted by Crippen LogP contribution is -2.01.